The highest BCUT2D eigenvalue weighted by Crippen LogP contribution is 2.46. The number of nitrogens with one attached hydrogen (secondary N) is 1. The van der Waals surface area contributed by atoms with Crippen LogP contribution in [0.1, 0.15) is 57.4 Å². The monoisotopic (exact) mass is 379 g/mol. The first kappa shape index (κ1) is 19.2. The summed E-state index contributed by atoms with van der Waals surface area (Å²) in [6, 6.07) is 18.6. The summed E-state index contributed by atoms with van der Waals surface area (Å²) in [5.74, 6) is 0.00564. The van der Waals surface area contributed by atoms with E-state index in [-0.39, 0.29) is 11.5 Å². The summed E-state index contributed by atoms with van der Waals surface area (Å²) in [7, 11) is 0. The molecule has 1 amide bonds. The lowest BCUT2D eigenvalue weighted by molar-refractivity contribution is -0.351. The van der Waals surface area contributed by atoms with Crippen molar-refractivity contribution in [2.45, 2.75) is 69.6 Å². The summed E-state index contributed by atoms with van der Waals surface area (Å²) >= 11 is 0. The SMILES string of the molecule is CC1(CC(=O)NCc2ccc(-c3ccccc3)cc2)CC2(CCCCC2)OO1. The molecule has 148 valence electrons. The average molecular weight is 380 g/mol. The minimum atomic E-state index is -0.529. The van der Waals surface area contributed by atoms with Gasteiger partial charge in [-0.3, -0.25) is 4.79 Å². The first-order valence-corrected chi connectivity index (χ1v) is 10.3. The zero-order chi connectivity index (χ0) is 19.5. The normalized spacial score (nSPS) is 23.6. The molecule has 1 aliphatic heterocycles. The highest BCUT2D eigenvalue weighted by Gasteiger charge is 2.50. The van der Waals surface area contributed by atoms with Gasteiger partial charge < -0.3 is 5.32 Å². The molecule has 4 rings (SSSR count). The quantitative estimate of drug-likeness (QED) is 0.729. The van der Waals surface area contributed by atoms with E-state index in [1.54, 1.807) is 0 Å². The Balaban J connectivity index is 1.29. The summed E-state index contributed by atoms with van der Waals surface area (Å²) in [6.07, 6.45) is 6.85. The number of amides is 1. The third-order valence-electron chi connectivity index (χ3n) is 5.97. The number of carbonyl (C=O) groups excluding carboxylic acids is 1. The molecular weight excluding hydrogens is 350 g/mol. The minimum absolute atomic E-state index is 0.00564. The topological polar surface area (TPSA) is 47.6 Å². The molecule has 2 aromatic carbocycles. The lowest BCUT2D eigenvalue weighted by atomic mass is 9.77. The Labute approximate surface area is 167 Å². The molecule has 1 atom stereocenters. The van der Waals surface area contributed by atoms with Crippen LogP contribution in [-0.2, 0) is 21.1 Å². The van der Waals surface area contributed by atoms with Gasteiger partial charge in [0.1, 0.15) is 11.2 Å². The maximum absolute atomic E-state index is 12.5. The first-order chi connectivity index (χ1) is 13.6. The van der Waals surface area contributed by atoms with Crippen LogP contribution in [-0.4, -0.2) is 17.1 Å². The first-order valence-electron chi connectivity index (χ1n) is 10.3. The minimum Gasteiger partial charge on any atom is -0.352 e. The van der Waals surface area contributed by atoms with Gasteiger partial charge in [-0.1, -0.05) is 73.9 Å². The van der Waals surface area contributed by atoms with Crippen molar-refractivity contribution in [3.63, 3.8) is 0 Å². The van der Waals surface area contributed by atoms with Crippen LogP contribution in [0.4, 0.5) is 0 Å². The Bertz CT molecular complexity index is 796. The molecule has 1 unspecified atom stereocenters. The molecule has 1 saturated heterocycles. The second-order valence-corrected chi connectivity index (χ2v) is 8.55. The maximum Gasteiger partial charge on any atom is 0.223 e. The molecule has 1 aliphatic carbocycles. The van der Waals surface area contributed by atoms with E-state index in [1.807, 2.05) is 25.1 Å². The second kappa shape index (κ2) is 8.06. The third kappa shape index (κ3) is 4.45. The molecule has 28 heavy (non-hydrogen) atoms. The molecule has 1 saturated carbocycles. The summed E-state index contributed by atoms with van der Waals surface area (Å²) in [6.45, 7) is 2.51. The van der Waals surface area contributed by atoms with Crippen LogP contribution in [0.25, 0.3) is 11.1 Å². The Kier molecular flexibility index (Phi) is 5.51. The van der Waals surface area contributed by atoms with E-state index in [4.69, 9.17) is 9.78 Å². The Morgan fingerprint density at radius 2 is 1.61 bits per heavy atom. The van der Waals surface area contributed by atoms with Gasteiger partial charge >= 0.3 is 0 Å². The van der Waals surface area contributed by atoms with E-state index >= 15 is 0 Å². The number of rotatable bonds is 5. The Hall–Kier alpha value is -2.17. The van der Waals surface area contributed by atoms with Crippen molar-refractivity contribution in [2.75, 3.05) is 0 Å². The molecule has 2 aliphatic rings. The molecule has 0 radical (unpaired) electrons. The van der Waals surface area contributed by atoms with Crippen molar-refractivity contribution < 1.29 is 14.6 Å². The average Bonchev–Trinajstić information content (AvgIpc) is 3.03. The molecule has 4 nitrogen and oxygen atoms in total. The van der Waals surface area contributed by atoms with Gasteiger partial charge in [0.2, 0.25) is 5.91 Å². The van der Waals surface area contributed by atoms with Gasteiger partial charge in [0, 0.05) is 13.0 Å². The van der Waals surface area contributed by atoms with Gasteiger partial charge in [0.25, 0.3) is 0 Å². The smallest absolute Gasteiger partial charge is 0.223 e. The fraction of sp³-hybridized carbons (Fsp3) is 0.458. The van der Waals surface area contributed by atoms with Crippen LogP contribution < -0.4 is 5.32 Å². The van der Waals surface area contributed by atoms with E-state index < -0.39 is 5.60 Å². The van der Waals surface area contributed by atoms with Crippen molar-refractivity contribution in [1.82, 2.24) is 5.32 Å². The zero-order valence-corrected chi connectivity index (χ0v) is 16.6. The van der Waals surface area contributed by atoms with Crippen molar-refractivity contribution in [2.24, 2.45) is 0 Å². The molecule has 1 spiro atoms. The van der Waals surface area contributed by atoms with Crippen molar-refractivity contribution >= 4 is 5.91 Å². The third-order valence-corrected chi connectivity index (χ3v) is 5.97. The summed E-state index contributed by atoms with van der Waals surface area (Å²) in [5.41, 5.74) is 2.77. The van der Waals surface area contributed by atoms with Gasteiger partial charge in [-0.2, -0.15) is 0 Å². The fourth-order valence-corrected chi connectivity index (χ4v) is 4.53. The van der Waals surface area contributed by atoms with E-state index in [9.17, 15) is 4.79 Å². The van der Waals surface area contributed by atoms with Gasteiger partial charge in [0.15, 0.2) is 0 Å². The Morgan fingerprint density at radius 3 is 2.32 bits per heavy atom. The zero-order valence-electron chi connectivity index (χ0n) is 16.6. The van der Waals surface area contributed by atoms with Crippen LogP contribution >= 0.6 is 0 Å². The molecule has 0 aromatic heterocycles. The van der Waals surface area contributed by atoms with Gasteiger partial charge in [-0.05, 0) is 36.5 Å². The van der Waals surface area contributed by atoms with Gasteiger partial charge in [0.05, 0.1) is 6.42 Å². The lowest BCUT2D eigenvalue weighted by Gasteiger charge is -2.30. The molecular formula is C24H29NO3. The van der Waals surface area contributed by atoms with Gasteiger partial charge in [-0.15, -0.1) is 0 Å². The van der Waals surface area contributed by atoms with Crippen molar-refractivity contribution in [3.05, 3.63) is 60.2 Å². The van der Waals surface area contributed by atoms with E-state index in [1.165, 1.54) is 30.4 Å². The molecule has 2 aromatic rings. The number of hydrogen-bond acceptors (Lipinski definition) is 3. The lowest BCUT2D eigenvalue weighted by Crippen LogP contribution is -2.37. The molecule has 1 N–H and O–H groups in total. The van der Waals surface area contributed by atoms with Crippen LogP contribution in [0.5, 0.6) is 0 Å². The number of carbonyl (C=O) groups is 1. The predicted octanol–water partition coefficient (Wildman–Crippen LogP) is 5.17. The summed E-state index contributed by atoms with van der Waals surface area (Å²) in [5, 5.41) is 3.03. The fourth-order valence-electron chi connectivity index (χ4n) is 4.53. The maximum atomic E-state index is 12.5. The van der Waals surface area contributed by atoms with Crippen LogP contribution in [0.2, 0.25) is 0 Å². The van der Waals surface area contributed by atoms with Crippen LogP contribution in [0.15, 0.2) is 54.6 Å². The van der Waals surface area contributed by atoms with Crippen molar-refractivity contribution in [3.8, 4) is 11.1 Å². The van der Waals surface area contributed by atoms with Crippen LogP contribution in [0.3, 0.4) is 0 Å². The number of hydrogen-bond donors (Lipinski definition) is 1. The largest absolute Gasteiger partial charge is 0.352 e. The molecule has 4 heteroatoms. The van der Waals surface area contributed by atoms with Gasteiger partial charge in [-0.25, -0.2) is 9.78 Å². The van der Waals surface area contributed by atoms with Crippen LogP contribution in [0, 0.1) is 0 Å². The van der Waals surface area contributed by atoms with E-state index in [2.05, 4.69) is 41.7 Å². The highest BCUT2D eigenvalue weighted by atomic mass is 17.2. The van der Waals surface area contributed by atoms with E-state index in [0.29, 0.717) is 13.0 Å². The Morgan fingerprint density at radius 1 is 0.929 bits per heavy atom. The predicted molar refractivity (Wildman–Crippen MR) is 109 cm³/mol. The second-order valence-electron chi connectivity index (χ2n) is 8.55. The number of benzene rings is 2. The van der Waals surface area contributed by atoms with E-state index in [0.717, 1.165) is 24.8 Å². The summed E-state index contributed by atoms with van der Waals surface area (Å²) < 4.78 is 0. The summed E-state index contributed by atoms with van der Waals surface area (Å²) in [4.78, 5) is 23.9. The molecule has 1 heterocycles. The molecule has 0 bridgehead atoms. The van der Waals surface area contributed by atoms with Crippen molar-refractivity contribution in [1.29, 1.82) is 0 Å². The highest BCUT2D eigenvalue weighted by molar-refractivity contribution is 5.77. The standard InChI is InChI=1S/C24H29NO3/c1-23(18-24(28-27-23)14-6-3-7-15-24)16-22(26)25-17-19-10-12-21(13-11-19)20-8-4-2-5-9-20/h2,4-5,8-13H,3,6-7,14-18H2,1H3,(H,25,26). The molecule has 2 fully saturated rings.